The number of hydrogen-bond acceptors (Lipinski definition) is 7. The molecule has 36 heavy (non-hydrogen) atoms. The van der Waals surface area contributed by atoms with E-state index >= 15 is 0 Å². The molecule has 2 aliphatic rings. The fourth-order valence-electron chi connectivity index (χ4n) is 4.44. The van der Waals surface area contributed by atoms with E-state index in [9.17, 15) is 9.59 Å². The molecular formula is C28H31N3O4S. The average molecular weight is 506 g/mol. The van der Waals surface area contributed by atoms with Crippen molar-refractivity contribution in [3.8, 4) is 5.75 Å². The van der Waals surface area contributed by atoms with Crippen molar-refractivity contribution in [2.24, 2.45) is 4.99 Å². The summed E-state index contributed by atoms with van der Waals surface area (Å²) in [6.07, 6.45) is 0.760. The first-order valence-electron chi connectivity index (χ1n) is 12.0. The zero-order chi connectivity index (χ0) is 25.7. The molecule has 0 saturated heterocycles. The summed E-state index contributed by atoms with van der Waals surface area (Å²) < 4.78 is 10.9. The molecule has 4 rings (SSSR count). The number of methoxy groups -OCH3 is 1. The molecule has 2 aromatic carbocycles. The summed E-state index contributed by atoms with van der Waals surface area (Å²) >= 11 is 1.47. The minimum atomic E-state index is -0.420. The summed E-state index contributed by atoms with van der Waals surface area (Å²) in [5.41, 5.74) is 5.22. The van der Waals surface area contributed by atoms with Gasteiger partial charge in [-0.25, -0.2) is 9.79 Å². The largest absolute Gasteiger partial charge is 0.492 e. The van der Waals surface area contributed by atoms with Crippen molar-refractivity contribution in [1.82, 2.24) is 10.2 Å². The van der Waals surface area contributed by atoms with Crippen LogP contribution in [0.25, 0.3) is 0 Å². The van der Waals surface area contributed by atoms with Crippen molar-refractivity contribution in [3.05, 3.63) is 87.6 Å². The second-order valence-corrected chi connectivity index (χ2v) is 9.48. The van der Waals surface area contributed by atoms with Gasteiger partial charge >= 0.3 is 5.97 Å². The van der Waals surface area contributed by atoms with Gasteiger partial charge in [-0.15, -0.1) is 0 Å². The molecule has 7 nitrogen and oxygen atoms in total. The number of rotatable bonds is 9. The number of benzene rings is 2. The number of carbonyl (C=O) groups is 2. The number of para-hydroxylation sites is 1. The van der Waals surface area contributed by atoms with Gasteiger partial charge in [-0.2, -0.15) is 0 Å². The van der Waals surface area contributed by atoms with Crippen LogP contribution in [-0.4, -0.2) is 42.2 Å². The molecule has 0 aliphatic carbocycles. The maximum atomic E-state index is 13.0. The topological polar surface area (TPSA) is 80.2 Å². The van der Waals surface area contributed by atoms with Gasteiger partial charge < -0.3 is 19.7 Å². The van der Waals surface area contributed by atoms with Crippen molar-refractivity contribution < 1.29 is 19.1 Å². The molecule has 2 aliphatic heterocycles. The number of fused-ring (bicyclic) bond motifs is 1. The number of nitrogens with zero attached hydrogens (tertiary/aromatic N) is 2. The maximum absolute atomic E-state index is 13.0. The Bertz CT molecular complexity index is 1240. The molecule has 0 radical (unpaired) electrons. The van der Waals surface area contributed by atoms with Crippen LogP contribution in [0, 0.1) is 13.8 Å². The fraction of sp³-hybridized carbons (Fsp3) is 0.321. The summed E-state index contributed by atoms with van der Waals surface area (Å²) in [5.74, 6) is 0.239. The first-order valence-corrected chi connectivity index (χ1v) is 12.9. The number of allylic oxidation sites excluding steroid dienone is 1. The van der Waals surface area contributed by atoms with Crippen LogP contribution >= 0.6 is 11.8 Å². The van der Waals surface area contributed by atoms with Crippen molar-refractivity contribution in [1.29, 1.82) is 0 Å². The average Bonchev–Trinajstić information content (AvgIpc) is 3.28. The number of esters is 1. The Morgan fingerprint density at radius 1 is 1.14 bits per heavy atom. The Kier molecular flexibility index (Phi) is 8.15. The smallest absolute Gasteiger partial charge is 0.338 e. The van der Waals surface area contributed by atoms with Gasteiger partial charge in [0.2, 0.25) is 5.91 Å². The van der Waals surface area contributed by atoms with Crippen LogP contribution in [0.15, 0.2) is 75.9 Å². The normalized spacial score (nSPS) is 16.8. The first kappa shape index (κ1) is 25.6. The lowest BCUT2D eigenvalue weighted by molar-refractivity contribution is -0.136. The molecule has 2 aromatic rings. The standard InChI is InChI=1S/C28H31N3O4S/c1-5-23-25(27(33)34-4)26(22-12-11-18(2)15-19(22)3)31-20(17-36-28(31)30-23)16-24(32)29-13-14-35-21-9-7-6-8-10-21/h6-12,15,17,26H,5,13-14,16H2,1-4H3,(H,29,32). The number of amides is 1. The lowest BCUT2D eigenvalue weighted by Gasteiger charge is -2.37. The van der Waals surface area contributed by atoms with Crippen LogP contribution in [0.1, 0.15) is 42.5 Å². The Morgan fingerprint density at radius 3 is 2.61 bits per heavy atom. The summed E-state index contributed by atoms with van der Waals surface area (Å²) in [7, 11) is 1.39. The van der Waals surface area contributed by atoms with E-state index in [4.69, 9.17) is 14.5 Å². The highest BCUT2D eigenvalue weighted by Gasteiger charge is 2.41. The number of hydrogen-bond donors (Lipinski definition) is 1. The van der Waals surface area contributed by atoms with Gasteiger partial charge in [0, 0.05) is 5.70 Å². The van der Waals surface area contributed by atoms with Crippen molar-refractivity contribution in [2.45, 2.75) is 39.7 Å². The van der Waals surface area contributed by atoms with Crippen molar-refractivity contribution in [2.75, 3.05) is 20.3 Å². The minimum Gasteiger partial charge on any atom is -0.492 e. The Labute approximate surface area is 216 Å². The van der Waals surface area contributed by atoms with Crippen LogP contribution in [0.5, 0.6) is 5.75 Å². The Morgan fingerprint density at radius 2 is 1.92 bits per heavy atom. The van der Waals surface area contributed by atoms with E-state index in [2.05, 4.69) is 17.4 Å². The molecule has 1 amide bonds. The van der Waals surface area contributed by atoms with Crippen LogP contribution in [-0.2, 0) is 14.3 Å². The molecule has 0 bridgehead atoms. The van der Waals surface area contributed by atoms with Crippen molar-refractivity contribution >= 4 is 28.8 Å². The van der Waals surface area contributed by atoms with Gasteiger partial charge in [0.1, 0.15) is 12.4 Å². The van der Waals surface area contributed by atoms with E-state index in [1.807, 2.05) is 67.5 Å². The van der Waals surface area contributed by atoms with Gasteiger partial charge in [0.15, 0.2) is 5.17 Å². The molecular weight excluding hydrogens is 474 g/mol. The summed E-state index contributed by atoms with van der Waals surface area (Å²) in [5, 5.41) is 5.64. The molecule has 1 atom stereocenters. The van der Waals surface area contributed by atoms with E-state index in [-0.39, 0.29) is 12.3 Å². The predicted octanol–water partition coefficient (Wildman–Crippen LogP) is 5.03. The Balaban J connectivity index is 1.54. The van der Waals surface area contributed by atoms with Gasteiger partial charge in [-0.1, -0.05) is 60.6 Å². The third-order valence-electron chi connectivity index (χ3n) is 6.13. The van der Waals surface area contributed by atoms with E-state index < -0.39 is 12.0 Å². The number of thioether (sulfide) groups is 1. The SMILES string of the molecule is CCC1=C(C(=O)OC)C(c2ccc(C)cc2C)N2C(CC(=O)NCCOc3ccccc3)=CSC2=N1. The number of carbonyl (C=O) groups excluding carboxylic acids is 2. The van der Waals surface area contributed by atoms with Crippen LogP contribution in [0.4, 0.5) is 0 Å². The predicted molar refractivity (Wildman–Crippen MR) is 143 cm³/mol. The zero-order valence-electron chi connectivity index (χ0n) is 21.0. The Hall–Kier alpha value is -3.52. The number of nitrogens with one attached hydrogen (secondary N) is 1. The second kappa shape index (κ2) is 11.5. The third kappa shape index (κ3) is 5.49. The van der Waals surface area contributed by atoms with Gasteiger partial charge in [0.25, 0.3) is 0 Å². The summed E-state index contributed by atoms with van der Waals surface area (Å²) in [4.78, 5) is 32.6. The molecule has 0 aromatic heterocycles. The van der Waals surface area contributed by atoms with E-state index in [1.165, 1.54) is 18.9 Å². The summed E-state index contributed by atoms with van der Waals surface area (Å²) in [6.45, 7) is 6.83. The number of aliphatic imine (C=N–C) groups is 1. The number of amidine groups is 1. The van der Waals surface area contributed by atoms with Crippen molar-refractivity contribution in [3.63, 3.8) is 0 Å². The third-order valence-corrected chi connectivity index (χ3v) is 7.02. The lowest BCUT2D eigenvalue weighted by Crippen LogP contribution is -2.38. The van der Waals surface area contributed by atoms with E-state index in [0.717, 1.165) is 33.3 Å². The quantitative estimate of drug-likeness (QED) is 0.381. The monoisotopic (exact) mass is 505 g/mol. The summed E-state index contributed by atoms with van der Waals surface area (Å²) in [6, 6.07) is 15.3. The highest BCUT2D eigenvalue weighted by molar-refractivity contribution is 8.16. The van der Waals surface area contributed by atoms with E-state index in [1.54, 1.807) is 0 Å². The fourth-order valence-corrected chi connectivity index (χ4v) is 5.38. The van der Waals surface area contributed by atoms with Crippen LogP contribution < -0.4 is 10.1 Å². The molecule has 8 heteroatoms. The highest BCUT2D eigenvalue weighted by atomic mass is 32.2. The molecule has 1 N–H and O–H groups in total. The molecule has 0 saturated carbocycles. The first-order chi connectivity index (χ1) is 17.4. The highest BCUT2D eigenvalue weighted by Crippen LogP contribution is 2.46. The van der Waals surface area contributed by atoms with Crippen LogP contribution in [0.3, 0.4) is 0 Å². The second-order valence-electron chi connectivity index (χ2n) is 8.65. The molecule has 0 fully saturated rings. The van der Waals surface area contributed by atoms with Crippen LogP contribution in [0.2, 0.25) is 0 Å². The zero-order valence-corrected chi connectivity index (χ0v) is 21.9. The van der Waals surface area contributed by atoms with Gasteiger partial charge in [-0.05, 0) is 48.9 Å². The lowest BCUT2D eigenvalue weighted by atomic mass is 9.89. The number of aryl methyl sites for hydroxylation is 2. The van der Waals surface area contributed by atoms with Gasteiger partial charge in [-0.3, -0.25) is 4.79 Å². The number of ether oxygens (including phenoxy) is 2. The minimum absolute atomic E-state index is 0.121. The van der Waals surface area contributed by atoms with E-state index in [0.29, 0.717) is 30.8 Å². The molecule has 2 heterocycles. The molecule has 1 unspecified atom stereocenters. The van der Waals surface area contributed by atoms with Gasteiger partial charge in [0.05, 0.1) is 37.4 Å². The maximum Gasteiger partial charge on any atom is 0.338 e. The molecule has 188 valence electrons. The molecule has 0 spiro atoms.